The number of nitrogens with zero attached hydrogens (tertiary/aromatic N) is 14. The number of aryl methyl sites for hydroxylation is 2. The van der Waals surface area contributed by atoms with Crippen LogP contribution in [0.5, 0.6) is 5.88 Å². The van der Waals surface area contributed by atoms with E-state index < -0.39 is 36.1 Å². The first-order chi connectivity index (χ1) is 52.9. The van der Waals surface area contributed by atoms with Crippen LogP contribution in [0.15, 0.2) is 184 Å². The standard InChI is InChI=1S/C27H31ClN6O4S.C25H26FN5O3S2.C23H25ClN6O3S2.4H2/c1-19(34-13-3-4-20-18-21(28)5-10-24(20)34)27(35)33-16-14-32(15-17-33)22-6-8-23(9-7-22)39(36,37)31-25-11-12-26(38-2)30-29-25;1-17-16-29(19-6-8-20(9-7-19)36(33,34)28-25-27-11-15-35-25)13-14-30(17)24(32)18(2)31-12-10-21-22(26)4-3-5-23(21)31;24-18-3-8-21-17(14-18)2-1-9-30(21)15-22(31)29-12-10-28(11-13-29)19-4-6-20(7-5-19)35(32,33)27-23-25-16-26-34-23;;;;/h5-12,18-19H,3-4,13-17H2,1-2H3,(H,29,31);3-12,15,17-18H,13-14,16H2,1-2H3,(H,27,28);3-8,14,16H,1-2,9-13,15H2,(H,25,26,27);4*1H/t19-;;;;;;/m1....../s1. The molecule has 15 rings (SSSR count). The van der Waals surface area contributed by atoms with Crippen molar-refractivity contribution in [3.8, 4) is 5.88 Å². The van der Waals surface area contributed by atoms with Crippen LogP contribution in [0.4, 0.5) is 48.9 Å². The largest absolute Gasteiger partial charge is 0.480 e. The third-order valence-corrected chi connectivity index (χ3v) is 26.2. The van der Waals surface area contributed by atoms with Crippen LogP contribution in [0.25, 0.3) is 10.9 Å². The van der Waals surface area contributed by atoms with Gasteiger partial charge < -0.3 is 48.5 Å². The third kappa shape index (κ3) is 18.3. The summed E-state index contributed by atoms with van der Waals surface area (Å²) in [7, 11) is -9.79. The van der Waals surface area contributed by atoms with Crippen molar-refractivity contribution in [1.82, 2.24) is 43.8 Å². The van der Waals surface area contributed by atoms with E-state index in [1.54, 1.807) is 103 Å². The van der Waals surface area contributed by atoms with Gasteiger partial charge in [-0.15, -0.1) is 21.5 Å². The second kappa shape index (κ2) is 34.2. The second-order valence-electron chi connectivity index (χ2n) is 27.0. The number of carbonyl (C=O) groups is 3. The molecule has 0 spiro atoms. The Morgan fingerprint density at radius 3 is 1.73 bits per heavy atom. The van der Waals surface area contributed by atoms with Gasteiger partial charge in [-0.05, 0) is 191 Å². The molecule has 3 fully saturated rings. The number of sulfonamides is 3. The molecule has 586 valence electrons. The summed E-state index contributed by atoms with van der Waals surface area (Å²) in [6, 6.07) is 40.8. The zero-order valence-corrected chi connectivity index (χ0v) is 66.2. The summed E-state index contributed by atoms with van der Waals surface area (Å²) in [6.45, 7) is 14.8. The van der Waals surface area contributed by atoms with E-state index in [2.05, 4.69) is 63.2 Å². The summed E-state index contributed by atoms with van der Waals surface area (Å²) < 4.78 is 108. The molecule has 3 amide bonds. The van der Waals surface area contributed by atoms with Gasteiger partial charge in [0.2, 0.25) is 28.7 Å². The molecule has 4 aromatic heterocycles. The molecule has 3 atom stereocenters. The van der Waals surface area contributed by atoms with Crippen molar-refractivity contribution in [2.75, 3.05) is 137 Å². The van der Waals surface area contributed by atoms with E-state index in [1.807, 2.05) is 82.5 Å². The number of rotatable bonds is 19. The number of thiazole rings is 1. The van der Waals surface area contributed by atoms with E-state index in [4.69, 9.17) is 27.9 Å². The zero-order chi connectivity index (χ0) is 77.4. The van der Waals surface area contributed by atoms with E-state index in [0.29, 0.717) is 100 Å². The van der Waals surface area contributed by atoms with Crippen LogP contribution >= 0.6 is 46.1 Å². The van der Waals surface area contributed by atoms with Crippen molar-refractivity contribution < 1.29 is 54.5 Å². The van der Waals surface area contributed by atoms with Gasteiger partial charge in [-0.2, -0.15) is 4.37 Å². The maximum absolute atomic E-state index is 14.1. The fourth-order valence-electron chi connectivity index (χ4n) is 14.3. The fourth-order valence-corrected chi connectivity index (χ4v) is 19.1. The molecule has 35 heteroatoms. The number of anilines is 8. The lowest BCUT2D eigenvalue weighted by molar-refractivity contribution is -0.136. The van der Waals surface area contributed by atoms with Crippen molar-refractivity contribution in [1.29, 1.82) is 0 Å². The lowest BCUT2D eigenvalue weighted by atomic mass is 10.00. The van der Waals surface area contributed by atoms with Crippen molar-refractivity contribution in [2.24, 2.45) is 0 Å². The van der Waals surface area contributed by atoms with Crippen LogP contribution in [0.3, 0.4) is 0 Å². The second-order valence-corrected chi connectivity index (χ2v) is 34.6. The smallest absolute Gasteiger partial charge is 0.263 e. The van der Waals surface area contributed by atoms with Gasteiger partial charge >= 0.3 is 0 Å². The van der Waals surface area contributed by atoms with Crippen molar-refractivity contribution in [2.45, 2.75) is 79.3 Å². The number of hydrogen-bond acceptors (Lipinski definition) is 22. The van der Waals surface area contributed by atoms with Gasteiger partial charge in [-0.1, -0.05) is 29.3 Å². The van der Waals surface area contributed by atoms with Crippen LogP contribution in [0.2, 0.25) is 10.0 Å². The molecule has 0 aliphatic carbocycles. The molecular weight excluding hydrogens is 1550 g/mol. The van der Waals surface area contributed by atoms with Gasteiger partial charge in [0, 0.05) is 176 Å². The molecule has 110 heavy (non-hydrogen) atoms. The molecule has 2 unspecified atom stereocenters. The number of piperazine rings is 3. The highest BCUT2D eigenvalue weighted by Crippen LogP contribution is 2.35. The number of amides is 3. The molecule has 5 aliphatic rings. The van der Waals surface area contributed by atoms with Crippen molar-refractivity contribution >= 4 is 149 Å². The van der Waals surface area contributed by atoms with Gasteiger partial charge in [-0.3, -0.25) is 28.5 Å². The minimum absolute atomic E-state index is 0. The van der Waals surface area contributed by atoms with E-state index in [1.165, 1.54) is 54.1 Å². The quantitative estimate of drug-likeness (QED) is 0.0677. The highest BCUT2D eigenvalue weighted by atomic mass is 35.5. The number of halogens is 3. The number of aromatic nitrogens is 6. The maximum Gasteiger partial charge on any atom is 0.263 e. The molecule has 5 aliphatic heterocycles. The summed E-state index contributed by atoms with van der Waals surface area (Å²) in [5.74, 6) is 0.319. The summed E-state index contributed by atoms with van der Waals surface area (Å²) in [5.41, 5.74) is 8.00. The Morgan fingerprint density at radius 1 is 0.600 bits per heavy atom. The topological polar surface area (TPSA) is 294 Å². The van der Waals surface area contributed by atoms with Gasteiger partial charge in [0.1, 0.15) is 24.2 Å². The molecule has 3 N–H and O–H groups in total. The lowest BCUT2D eigenvalue weighted by Gasteiger charge is -2.42. The summed E-state index contributed by atoms with van der Waals surface area (Å²) >= 11 is 14.5. The summed E-state index contributed by atoms with van der Waals surface area (Å²) in [6.07, 6.45) is 8.56. The Hall–Kier alpha value is -9.90. The molecule has 0 bridgehead atoms. The molecule has 0 radical (unpaired) electrons. The minimum atomic E-state index is -3.82. The Balaban J connectivity index is 0.000000193. The third-order valence-electron chi connectivity index (χ3n) is 20.1. The Kier molecular flexibility index (Phi) is 24.3. The molecule has 3 saturated heterocycles. The van der Waals surface area contributed by atoms with Crippen LogP contribution < -0.4 is 43.4 Å². The number of ether oxygens (including phenoxy) is 1. The van der Waals surface area contributed by atoms with Gasteiger partial charge in [0.15, 0.2) is 10.9 Å². The number of methoxy groups -OCH3 is 1. The fraction of sp³-hybridized carbons (Fsp3) is 0.333. The summed E-state index contributed by atoms with van der Waals surface area (Å²) in [5, 5.41) is 11.8. The van der Waals surface area contributed by atoms with Crippen LogP contribution in [-0.4, -0.2) is 198 Å². The molecule has 10 aromatic rings. The number of hydrogen-bond donors (Lipinski definition) is 3. The SMILES string of the molecule is CC1CN(c2ccc(S(=O)(=O)Nc3nccs3)cc2)CCN1C(=O)C(C)n1ccc2c(F)cccc21.COc1ccc(NS(=O)(=O)c2ccc(N3CCN(C(=O)[C@@H](C)N4CCCc5cc(Cl)ccc54)CC3)cc2)nn1.O=C(CN1CCCc2cc(Cl)ccc21)N1CCN(c2ccc(S(=O)(=O)Nc3ncns3)cc2)CC1.[HH].[HH].[HH].[HH]. The molecule has 9 heterocycles. The Morgan fingerprint density at radius 2 is 1.16 bits per heavy atom. The zero-order valence-electron chi connectivity index (χ0n) is 60.6. The number of benzene rings is 6. The van der Waals surface area contributed by atoms with Gasteiger partial charge in [0.05, 0.1) is 33.9 Å². The Labute approximate surface area is 662 Å². The average molecular weight is 1640 g/mol. The average Bonchev–Trinajstić information content (AvgIpc) is 1.68. The van der Waals surface area contributed by atoms with Crippen LogP contribution in [0, 0.1) is 5.82 Å². The van der Waals surface area contributed by atoms with Gasteiger partial charge in [0.25, 0.3) is 30.1 Å². The number of fused-ring (bicyclic) bond motifs is 3. The first-order valence-electron chi connectivity index (χ1n) is 35.8. The van der Waals surface area contributed by atoms with Crippen molar-refractivity contribution in [3.05, 3.63) is 197 Å². The summed E-state index contributed by atoms with van der Waals surface area (Å²) in [4.78, 5) is 64.6. The van der Waals surface area contributed by atoms with Crippen LogP contribution in [0.1, 0.15) is 56.5 Å². The maximum atomic E-state index is 14.1. The van der Waals surface area contributed by atoms with E-state index in [0.717, 1.165) is 88.8 Å². The first kappa shape index (κ1) is 78.2. The molecular formula is C75H90Cl2FN17O10S5. The minimum Gasteiger partial charge on any atom is -0.480 e. The first-order valence-corrected chi connectivity index (χ1v) is 42.6. The van der Waals surface area contributed by atoms with Crippen LogP contribution in [-0.2, 0) is 57.3 Å². The van der Waals surface area contributed by atoms with E-state index >= 15 is 0 Å². The predicted octanol–water partition coefficient (Wildman–Crippen LogP) is 11.8. The molecule has 0 saturated carbocycles. The number of nitrogens with one attached hydrogen (secondary N) is 3. The van der Waals surface area contributed by atoms with Gasteiger partial charge in [-0.25, -0.2) is 39.6 Å². The Bertz CT molecular complexity index is 5270. The highest BCUT2D eigenvalue weighted by Gasteiger charge is 2.35. The van der Waals surface area contributed by atoms with E-state index in [9.17, 15) is 44.0 Å². The normalized spacial score (nSPS) is 16.7. The molecule has 27 nitrogen and oxygen atoms in total. The lowest BCUT2D eigenvalue weighted by Crippen LogP contribution is -2.55. The van der Waals surface area contributed by atoms with Crippen molar-refractivity contribution in [3.63, 3.8) is 0 Å². The molecule has 6 aromatic carbocycles. The predicted molar refractivity (Wildman–Crippen MR) is 437 cm³/mol. The van der Waals surface area contributed by atoms with E-state index in [-0.39, 0.29) is 67.0 Å². The highest BCUT2D eigenvalue weighted by molar-refractivity contribution is 7.93. The monoisotopic (exact) mass is 1640 g/mol. The number of carbonyl (C=O) groups excluding carboxylic acids is 3.